The van der Waals surface area contributed by atoms with Crippen LogP contribution < -0.4 is 25.5 Å². The first-order valence-electron chi connectivity index (χ1n) is 15.0. The summed E-state index contributed by atoms with van der Waals surface area (Å²) in [5.74, 6) is -1.13. The van der Waals surface area contributed by atoms with Crippen molar-refractivity contribution in [3.63, 3.8) is 0 Å². The summed E-state index contributed by atoms with van der Waals surface area (Å²) >= 11 is 12.1. The molecule has 0 atom stereocenters. The van der Waals surface area contributed by atoms with E-state index in [4.69, 9.17) is 37.4 Å². The molecule has 3 aromatic carbocycles. The van der Waals surface area contributed by atoms with Crippen molar-refractivity contribution in [2.45, 2.75) is 38.1 Å². The van der Waals surface area contributed by atoms with Crippen molar-refractivity contribution in [1.82, 2.24) is 14.0 Å². The highest BCUT2D eigenvalue weighted by atomic mass is 35.5. The van der Waals surface area contributed by atoms with E-state index in [1.807, 2.05) is 0 Å². The number of carbonyl (C=O) groups excluding carboxylic acids is 1. The zero-order valence-corrected chi connectivity index (χ0v) is 27.0. The molecule has 9 nitrogen and oxygen atoms in total. The van der Waals surface area contributed by atoms with Gasteiger partial charge in [0.05, 0.1) is 27.5 Å². The van der Waals surface area contributed by atoms with E-state index in [1.54, 1.807) is 35.2 Å². The van der Waals surface area contributed by atoms with Gasteiger partial charge in [-0.3, -0.25) is 18.7 Å². The Kier molecular flexibility index (Phi) is 11.5. The van der Waals surface area contributed by atoms with Crippen LogP contribution in [0.25, 0.3) is 10.9 Å². The Hall–Kier alpha value is -4.23. The van der Waals surface area contributed by atoms with E-state index >= 15 is 4.39 Å². The van der Waals surface area contributed by atoms with E-state index in [1.165, 1.54) is 10.6 Å². The number of hydrogen-bond donors (Lipinski definition) is 0. The van der Waals surface area contributed by atoms with Gasteiger partial charge in [0.25, 0.3) is 5.56 Å². The third kappa shape index (κ3) is 7.73. The summed E-state index contributed by atoms with van der Waals surface area (Å²) < 4.78 is 73.7. The Labute approximate surface area is 282 Å². The Bertz CT molecular complexity index is 1890. The summed E-state index contributed by atoms with van der Waals surface area (Å²) in [5, 5.41) is 0.605. The maximum atomic E-state index is 15.2. The number of ether oxygens (including phenoxy) is 3. The van der Waals surface area contributed by atoms with Gasteiger partial charge in [-0.15, -0.1) is 0 Å². The molecule has 0 spiro atoms. The molecule has 0 unspecified atom stereocenters. The number of piperidine rings is 1. The Morgan fingerprint density at radius 1 is 0.875 bits per heavy atom. The van der Waals surface area contributed by atoms with Crippen LogP contribution in [-0.4, -0.2) is 66.3 Å². The van der Waals surface area contributed by atoms with Crippen LogP contribution in [0.15, 0.2) is 58.1 Å². The van der Waals surface area contributed by atoms with Crippen molar-refractivity contribution >= 4 is 40.5 Å². The van der Waals surface area contributed by atoms with Gasteiger partial charge in [-0.1, -0.05) is 35.3 Å². The van der Waals surface area contributed by atoms with Gasteiger partial charge in [0.1, 0.15) is 33.2 Å². The number of halogens is 6. The minimum atomic E-state index is -1.59. The molecule has 0 N–H and O–H groups in total. The minimum Gasteiger partial charge on any atom is -0.487 e. The summed E-state index contributed by atoms with van der Waals surface area (Å²) in [6.45, 7) is -3.07. The van der Waals surface area contributed by atoms with Crippen molar-refractivity contribution in [3.8, 4) is 17.2 Å². The topological polar surface area (TPSA) is 92.0 Å². The van der Waals surface area contributed by atoms with Gasteiger partial charge in [0.15, 0.2) is 29.2 Å². The van der Waals surface area contributed by atoms with Crippen LogP contribution in [0.1, 0.15) is 30.0 Å². The molecule has 2 heterocycles. The van der Waals surface area contributed by atoms with Gasteiger partial charge < -0.3 is 19.1 Å². The zero-order valence-electron chi connectivity index (χ0n) is 25.5. The summed E-state index contributed by atoms with van der Waals surface area (Å²) in [5.41, 5.74) is -0.437. The number of benzene rings is 3. The maximum Gasteiger partial charge on any atom is 0.332 e. The average Bonchev–Trinajstić information content (AvgIpc) is 3.09. The van der Waals surface area contributed by atoms with Crippen LogP contribution in [-0.2, 0) is 17.9 Å². The molecular weight excluding hydrogens is 681 g/mol. The Morgan fingerprint density at radius 3 is 2.27 bits per heavy atom. The number of alkyl halides is 3. The van der Waals surface area contributed by atoms with Gasteiger partial charge in [-0.05, 0) is 54.3 Å². The van der Waals surface area contributed by atoms with Gasteiger partial charge in [-0.25, -0.2) is 22.4 Å². The summed E-state index contributed by atoms with van der Waals surface area (Å²) in [7, 11) is 0. The highest BCUT2D eigenvalue weighted by Gasteiger charge is 2.26. The van der Waals surface area contributed by atoms with Crippen molar-refractivity contribution in [2.75, 3.05) is 39.7 Å². The largest absolute Gasteiger partial charge is 0.487 e. The number of likely N-dealkylation sites (tertiary alicyclic amines) is 1. The lowest BCUT2D eigenvalue weighted by Gasteiger charge is -2.31. The molecule has 1 aliphatic heterocycles. The summed E-state index contributed by atoms with van der Waals surface area (Å²) in [4.78, 5) is 40.7. The molecule has 1 fully saturated rings. The summed E-state index contributed by atoms with van der Waals surface area (Å²) in [6.07, 6.45) is -0.181. The molecule has 1 saturated heterocycles. The molecule has 0 radical (unpaired) electrons. The lowest BCUT2D eigenvalue weighted by Crippen LogP contribution is -2.44. The van der Waals surface area contributed by atoms with E-state index in [0.717, 1.165) is 16.7 Å². The van der Waals surface area contributed by atoms with E-state index in [0.29, 0.717) is 53.5 Å². The molecule has 5 rings (SSSR count). The third-order valence-corrected chi connectivity index (χ3v) is 8.67. The second kappa shape index (κ2) is 15.8. The lowest BCUT2D eigenvalue weighted by atomic mass is 10.0. The zero-order chi connectivity index (χ0) is 34.4. The van der Waals surface area contributed by atoms with Crippen LogP contribution in [0.3, 0.4) is 0 Å². The average molecular weight is 713 g/mol. The maximum absolute atomic E-state index is 15.2. The second-order valence-corrected chi connectivity index (χ2v) is 11.9. The fraction of sp³-hybridized carbons (Fsp3) is 0.364. The predicted octanol–water partition coefficient (Wildman–Crippen LogP) is 6.06. The molecule has 256 valence electrons. The smallest absolute Gasteiger partial charge is 0.332 e. The SMILES string of the molecule is O=CN1CCC(n2c(=O)n(Cc3ccc(OCc4ccc(Cl)c(Cl)c4)c(OCCF)c3)c(=O)c3cc(OC(CF)CF)c(F)cc32)CC1. The Morgan fingerprint density at radius 2 is 1.60 bits per heavy atom. The number of carbonyl (C=O) groups is 1. The van der Waals surface area contributed by atoms with Gasteiger partial charge in [0.2, 0.25) is 6.41 Å². The van der Waals surface area contributed by atoms with Crippen molar-refractivity contribution in [2.24, 2.45) is 0 Å². The van der Waals surface area contributed by atoms with Crippen LogP contribution in [0.5, 0.6) is 17.2 Å². The van der Waals surface area contributed by atoms with Gasteiger partial charge in [-0.2, -0.15) is 0 Å². The predicted molar refractivity (Wildman–Crippen MR) is 173 cm³/mol. The van der Waals surface area contributed by atoms with Gasteiger partial charge >= 0.3 is 5.69 Å². The molecule has 0 bridgehead atoms. The number of amides is 1. The highest BCUT2D eigenvalue weighted by Crippen LogP contribution is 2.32. The monoisotopic (exact) mass is 711 g/mol. The summed E-state index contributed by atoms with van der Waals surface area (Å²) in [6, 6.07) is 11.1. The lowest BCUT2D eigenvalue weighted by molar-refractivity contribution is -0.119. The van der Waals surface area contributed by atoms with Crippen molar-refractivity contribution < 1.29 is 36.6 Å². The Balaban J connectivity index is 1.55. The van der Waals surface area contributed by atoms with Crippen LogP contribution in [0.4, 0.5) is 17.6 Å². The quantitative estimate of drug-likeness (QED) is 0.117. The van der Waals surface area contributed by atoms with Gasteiger partial charge in [0, 0.05) is 25.2 Å². The number of fused-ring (bicyclic) bond motifs is 1. The van der Waals surface area contributed by atoms with E-state index in [9.17, 15) is 27.6 Å². The number of nitrogens with zero attached hydrogens (tertiary/aromatic N) is 3. The minimum absolute atomic E-state index is 0.0225. The first-order chi connectivity index (χ1) is 23.2. The molecule has 4 aromatic rings. The van der Waals surface area contributed by atoms with Crippen LogP contribution in [0.2, 0.25) is 10.0 Å². The molecule has 15 heteroatoms. The second-order valence-electron chi connectivity index (χ2n) is 11.1. The van der Waals surface area contributed by atoms with E-state index < -0.39 is 55.0 Å². The highest BCUT2D eigenvalue weighted by molar-refractivity contribution is 6.42. The third-order valence-electron chi connectivity index (χ3n) is 7.94. The molecule has 1 aromatic heterocycles. The number of rotatable bonds is 14. The molecule has 1 amide bonds. The van der Waals surface area contributed by atoms with Crippen LogP contribution in [0, 0.1) is 5.82 Å². The van der Waals surface area contributed by atoms with Crippen molar-refractivity contribution in [1.29, 1.82) is 0 Å². The number of hydrogen-bond acceptors (Lipinski definition) is 6. The van der Waals surface area contributed by atoms with E-state index in [-0.39, 0.29) is 42.2 Å². The molecular formula is C33H31Cl2F4N3O6. The standard InChI is InChI=1S/C33H31Cl2F4N3O6/c34-25-3-1-21(11-26(25)35)18-47-29-4-2-20(12-31(29)46-10-7-36)17-41-32(44)24-13-30(48-23(15-37)16-38)27(39)14-28(24)42(33(41)45)22-5-8-40(19-43)9-6-22/h1-4,11-14,19,22-23H,5-10,15-18H2. The first-order valence-corrected chi connectivity index (χ1v) is 15.8. The molecule has 0 aliphatic carbocycles. The molecule has 0 saturated carbocycles. The fourth-order valence-corrected chi connectivity index (χ4v) is 5.82. The molecule has 48 heavy (non-hydrogen) atoms. The normalized spacial score (nSPS) is 13.7. The van der Waals surface area contributed by atoms with Crippen molar-refractivity contribution in [3.05, 3.63) is 96.4 Å². The number of aromatic nitrogens is 2. The fourth-order valence-electron chi connectivity index (χ4n) is 5.50. The molecule has 1 aliphatic rings. The van der Waals surface area contributed by atoms with Crippen LogP contribution >= 0.6 is 23.2 Å². The van der Waals surface area contributed by atoms with E-state index in [2.05, 4.69) is 0 Å². The first kappa shape index (κ1) is 35.1.